The minimum absolute atomic E-state index is 0.0689. The number of anilines is 1. The number of aryl methyl sites for hydroxylation is 1. The van der Waals surface area contributed by atoms with Gasteiger partial charge in [-0.25, -0.2) is 18.7 Å². The van der Waals surface area contributed by atoms with Gasteiger partial charge >= 0.3 is 0 Å². The van der Waals surface area contributed by atoms with E-state index < -0.39 is 11.6 Å². The van der Waals surface area contributed by atoms with E-state index >= 15 is 0 Å². The van der Waals surface area contributed by atoms with Gasteiger partial charge in [0.05, 0.1) is 22.5 Å². The fourth-order valence-electron chi connectivity index (χ4n) is 2.93. The highest BCUT2D eigenvalue weighted by atomic mass is 32.1. The standard InChI is InChI=1S/C16H14F2N4OS/c1-8-19-12-3-4-22(7-10(12)15(23)21(8)2)16-20-14-11(18)5-9(17)6-13(14)24-16/h5-6H,3-4,7H2,1-2H3. The van der Waals surface area contributed by atoms with Crippen molar-refractivity contribution in [3.8, 4) is 0 Å². The lowest BCUT2D eigenvalue weighted by Crippen LogP contribution is -2.38. The molecule has 1 aliphatic rings. The first-order valence-corrected chi connectivity index (χ1v) is 8.31. The van der Waals surface area contributed by atoms with Crippen molar-refractivity contribution in [2.75, 3.05) is 11.4 Å². The van der Waals surface area contributed by atoms with Crippen LogP contribution in [0, 0.1) is 18.6 Å². The Kier molecular flexibility index (Phi) is 3.38. The Morgan fingerprint density at radius 3 is 2.83 bits per heavy atom. The largest absolute Gasteiger partial charge is 0.343 e. The second-order valence-electron chi connectivity index (χ2n) is 5.85. The number of fused-ring (bicyclic) bond motifs is 2. The fraction of sp³-hybridized carbons (Fsp3) is 0.312. The summed E-state index contributed by atoms with van der Waals surface area (Å²) in [5.74, 6) is -0.601. The molecule has 0 N–H and O–H groups in total. The third kappa shape index (κ3) is 2.29. The van der Waals surface area contributed by atoms with Gasteiger partial charge in [0.1, 0.15) is 17.2 Å². The second kappa shape index (κ2) is 5.34. The molecule has 0 aliphatic carbocycles. The van der Waals surface area contributed by atoms with E-state index in [1.54, 1.807) is 14.0 Å². The molecule has 8 heteroatoms. The molecular weight excluding hydrogens is 334 g/mol. The van der Waals surface area contributed by atoms with E-state index in [2.05, 4.69) is 9.97 Å². The van der Waals surface area contributed by atoms with Crippen LogP contribution in [0.3, 0.4) is 0 Å². The first kappa shape index (κ1) is 15.2. The maximum atomic E-state index is 13.9. The van der Waals surface area contributed by atoms with Crippen molar-refractivity contribution in [3.63, 3.8) is 0 Å². The lowest BCUT2D eigenvalue weighted by Gasteiger charge is -2.27. The molecule has 0 atom stereocenters. The lowest BCUT2D eigenvalue weighted by molar-refractivity contribution is 0.591. The number of thiazole rings is 1. The van der Waals surface area contributed by atoms with Crippen LogP contribution in [0.1, 0.15) is 17.1 Å². The van der Waals surface area contributed by atoms with E-state index in [0.29, 0.717) is 40.7 Å². The Labute approximate surface area is 140 Å². The molecule has 3 heterocycles. The van der Waals surface area contributed by atoms with Gasteiger partial charge in [-0.15, -0.1) is 0 Å². The third-order valence-corrected chi connectivity index (χ3v) is 5.40. The topological polar surface area (TPSA) is 51.0 Å². The first-order chi connectivity index (χ1) is 11.4. The molecular formula is C16H14F2N4OS. The Bertz CT molecular complexity index is 1030. The van der Waals surface area contributed by atoms with Gasteiger partial charge in [-0.1, -0.05) is 11.3 Å². The smallest absolute Gasteiger partial charge is 0.258 e. The van der Waals surface area contributed by atoms with Gasteiger partial charge < -0.3 is 4.90 Å². The van der Waals surface area contributed by atoms with Gasteiger partial charge in [-0.05, 0) is 13.0 Å². The molecule has 1 aliphatic heterocycles. The van der Waals surface area contributed by atoms with E-state index in [4.69, 9.17) is 0 Å². The molecule has 0 saturated heterocycles. The van der Waals surface area contributed by atoms with Crippen LogP contribution in [-0.4, -0.2) is 21.1 Å². The van der Waals surface area contributed by atoms with Crippen molar-refractivity contribution >= 4 is 26.7 Å². The van der Waals surface area contributed by atoms with Gasteiger partial charge in [0.2, 0.25) is 0 Å². The van der Waals surface area contributed by atoms with Crippen molar-refractivity contribution in [1.82, 2.24) is 14.5 Å². The minimum atomic E-state index is -0.668. The highest BCUT2D eigenvalue weighted by Crippen LogP contribution is 2.33. The molecule has 3 aromatic rings. The molecule has 24 heavy (non-hydrogen) atoms. The van der Waals surface area contributed by atoms with Crippen molar-refractivity contribution in [1.29, 1.82) is 0 Å². The zero-order valence-corrected chi connectivity index (χ0v) is 14.0. The number of hydrogen-bond acceptors (Lipinski definition) is 5. The quantitative estimate of drug-likeness (QED) is 0.678. The highest BCUT2D eigenvalue weighted by Gasteiger charge is 2.24. The molecule has 0 unspecified atom stereocenters. The summed E-state index contributed by atoms with van der Waals surface area (Å²) in [6.45, 7) is 2.81. The molecule has 2 aromatic heterocycles. The molecule has 1 aromatic carbocycles. The maximum absolute atomic E-state index is 13.9. The number of hydrogen-bond donors (Lipinski definition) is 0. The second-order valence-corrected chi connectivity index (χ2v) is 6.86. The van der Waals surface area contributed by atoms with Gasteiger partial charge in [0.25, 0.3) is 5.56 Å². The Balaban J connectivity index is 1.76. The summed E-state index contributed by atoms with van der Waals surface area (Å²) in [6.07, 6.45) is 0.624. The summed E-state index contributed by atoms with van der Waals surface area (Å²) in [5.41, 5.74) is 1.54. The Morgan fingerprint density at radius 1 is 1.25 bits per heavy atom. The number of nitrogens with zero attached hydrogens (tertiary/aromatic N) is 4. The predicted octanol–water partition coefficient (Wildman–Crippen LogP) is 2.54. The summed E-state index contributed by atoms with van der Waals surface area (Å²) >= 11 is 1.23. The first-order valence-electron chi connectivity index (χ1n) is 7.50. The Hall–Kier alpha value is -2.35. The summed E-state index contributed by atoms with van der Waals surface area (Å²) in [4.78, 5) is 23.1. The van der Waals surface area contributed by atoms with Crippen LogP contribution in [0.4, 0.5) is 13.9 Å². The van der Waals surface area contributed by atoms with Gasteiger partial charge in [-0.2, -0.15) is 0 Å². The van der Waals surface area contributed by atoms with Crippen molar-refractivity contribution in [3.05, 3.63) is 51.2 Å². The number of halogens is 2. The average molecular weight is 348 g/mol. The molecule has 4 rings (SSSR count). The van der Waals surface area contributed by atoms with Crippen LogP contribution >= 0.6 is 11.3 Å². The van der Waals surface area contributed by atoms with E-state index in [0.717, 1.165) is 11.8 Å². The highest BCUT2D eigenvalue weighted by molar-refractivity contribution is 7.22. The zero-order chi connectivity index (χ0) is 17.0. The SMILES string of the molecule is Cc1nc2c(c(=O)n1C)CN(c1nc3c(F)cc(F)cc3s1)CC2. The predicted molar refractivity (Wildman–Crippen MR) is 88.5 cm³/mol. The summed E-state index contributed by atoms with van der Waals surface area (Å²) < 4.78 is 29.2. The number of rotatable bonds is 1. The van der Waals surface area contributed by atoms with Crippen LogP contribution in [-0.2, 0) is 20.0 Å². The molecule has 5 nitrogen and oxygen atoms in total. The van der Waals surface area contributed by atoms with Crippen LogP contribution in [0.15, 0.2) is 16.9 Å². The molecule has 0 spiro atoms. The molecule has 0 amide bonds. The molecule has 0 bridgehead atoms. The van der Waals surface area contributed by atoms with Gasteiger partial charge in [0, 0.05) is 26.1 Å². The molecule has 124 valence electrons. The van der Waals surface area contributed by atoms with Crippen molar-refractivity contribution in [2.24, 2.45) is 7.05 Å². The number of aromatic nitrogens is 3. The van der Waals surface area contributed by atoms with Crippen LogP contribution in [0.5, 0.6) is 0 Å². The van der Waals surface area contributed by atoms with Crippen LogP contribution in [0.25, 0.3) is 10.2 Å². The van der Waals surface area contributed by atoms with Crippen molar-refractivity contribution in [2.45, 2.75) is 19.9 Å². The molecule has 0 saturated carbocycles. The molecule has 0 fully saturated rings. The van der Waals surface area contributed by atoms with E-state index in [9.17, 15) is 13.6 Å². The molecule has 0 radical (unpaired) electrons. The van der Waals surface area contributed by atoms with Gasteiger partial charge in [0.15, 0.2) is 10.9 Å². The average Bonchev–Trinajstić information content (AvgIpc) is 2.97. The summed E-state index contributed by atoms with van der Waals surface area (Å²) in [5, 5.41) is 0.586. The maximum Gasteiger partial charge on any atom is 0.258 e. The van der Waals surface area contributed by atoms with Crippen LogP contribution < -0.4 is 10.5 Å². The minimum Gasteiger partial charge on any atom is -0.343 e. The van der Waals surface area contributed by atoms with E-state index in [1.807, 2.05) is 4.90 Å². The summed E-state index contributed by atoms with van der Waals surface area (Å²) in [7, 11) is 1.69. The third-order valence-electron chi connectivity index (χ3n) is 4.33. The van der Waals surface area contributed by atoms with E-state index in [-0.39, 0.29) is 11.1 Å². The van der Waals surface area contributed by atoms with Crippen molar-refractivity contribution < 1.29 is 8.78 Å². The summed E-state index contributed by atoms with van der Waals surface area (Å²) in [6, 6.07) is 2.11. The van der Waals surface area contributed by atoms with Crippen LogP contribution in [0.2, 0.25) is 0 Å². The van der Waals surface area contributed by atoms with Gasteiger partial charge in [-0.3, -0.25) is 9.36 Å². The van der Waals surface area contributed by atoms with E-state index in [1.165, 1.54) is 22.0 Å². The fourth-order valence-corrected chi connectivity index (χ4v) is 3.96. The monoisotopic (exact) mass is 348 g/mol. The number of benzene rings is 1. The zero-order valence-electron chi connectivity index (χ0n) is 13.1. The Morgan fingerprint density at radius 2 is 2.04 bits per heavy atom. The lowest BCUT2D eigenvalue weighted by atomic mass is 10.1. The normalized spacial score (nSPS) is 14.2.